The molecule has 0 unspecified atom stereocenters. The molecule has 0 aliphatic carbocycles. The molecule has 1 aromatic rings. The molecule has 112 valence electrons. The first kappa shape index (κ1) is 14.9. The van der Waals surface area contributed by atoms with Crippen molar-refractivity contribution in [2.75, 3.05) is 30.4 Å². The molecule has 1 aromatic heterocycles. The van der Waals surface area contributed by atoms with Crippen LogP contribution in [0.4, 0.5) is 24.9 Å². The zero-order chi connectivity index (χ0) is 14.6. The average molecular weight is 288 g/mol. The normalized spacial score (nSPS) is 17.5. The van der Waals surface area contributed by atoms with Gasteiger partial charge in [-0.25, -0.2) is 4.98 Å². The van der Waals surface area contributed by atoms with E-state index in [9.17, 15) is 13.2 Å². The van der Waals surface area contributed by atoms with Gasteiger partial charge in [-0.3, -0.25) is 0 Å². The number of nitrogens with zero attached hydrogens (tertiary/aromatic N) is 3. The highest BCUT2D eigenvalue weighted by Crippen LogP contribution is 2.31. The molecule has 0 bridgehead atoms. The molecule has 0 amide bonds. The van der Waals surface area contributed by atoms with Gasteiger partial charge in [-0.15, -0.1) is 0 Å². The molecule has 1 aliphatic heterocycles. The number of nitrogens with one attached hydrogen (secondary N) is 1. The van der Waals surface area contributed by atoms with Gasteiger partial charge in [-0.1, -0.05) is 19.3 Å². The Morgan fingerprint density at radius 2 is 1.65 bits per heavy atom. The first-order valence-electron chi connectivity index (χ1n) is 6.89. The summed E-state index contributed by atoms with van der Waals surface area (Å²) in [5, 5.41) is 2.60. The van der Waals surface area contributed by atoms with E-state index in [0.717, 1.165) is 44.8 Å². The maximum Gasteiger partial charge on any atom is 0.433 e. The number of anilines is 2. The van der Waals surface area contributed by atoms with Crippen molar-refractivity contribution in [3.63, 3.8) is 0 Å². The van der Waals surface area contributed by atoms with E-state index in [1.54, 1.807) is 0 Å². The standard InChI is InChI=1S/C13H19F3N4/c1-17-12-18-10(13(14,15)16)9-11(19-12)20-7-5-3-2-4-6-8-20/h9H,2-8H2,1H3,(H,17,18,19). The second-order valence-corrected chi connectivity index (χ2v) is 4.94. The number of rotatable bonds is 2. The van der Waals surface area contributed by atoms with Crippen LogP contribution in [0.1, 0.15) is 37.8 Å². The van der Waals surface area contributed by atoms with Crippen LogP contribution in [0, 0.1) is 0 Å². The smallest absolute Gasteiger partial charge is 0.357 e. The molecule has 0 saturated carbocycles. The van der Waals surface area contributed by atoms with E-state index in [1.807, 2.05) is 4.90 Å². The number of alkyl halides is 3. The first-order chi connectivity index (χ1) is 9.50. The number of halogens is 3. The lowest BCUT2D eigenvalue weighted by Crippen LogP contribution is -2.28. The van der Waals surface area contributed by atoms with Crippen molar-refractivity contribution in [2.45, 2.75) is 38.3 Å². The summed E-state index contributed by atoms with van der Waals surface area (Å²) in [7, 11) is 1.52. The Morgan fingerprint density at radius 3 is 2.20 bits per heavy atom. The maximum atomic E-state index is 12.9. The number of aromatic nitrogens is 2. The van der Waals surface area contributed by atoms with Crippen molar-refractivity contribution >= 4 is 11.8 Å². The molecular formula is C13H19F3N4. The molecule has 7 heteroatoms. The van der Waals surface area contributed by atoms with Crippen LogP contribution in [0.5, 0.6) is 0 Å². The van der Waals surface area contributed by atoms with E-state index in [-0.39, 0.29) is 5.95 Å². The fourth-order valence-electron chi connectivity index (χ4n) is 2.33. The Labute approximate surface area is 116 Å². The second-order valence-electron chi connectivity index (χ2n) is 4.94. The largest absolute Gasteiger partial charge is 0.433 e. The molecule has 1 aliphatic rings. The first-order valence-corrected chi connectivity index (χ1v) is 6.89. The lowest BCUT2D eigenvalue weighted by molar-refractivity contribution is -0.141. The van der Waals surface area contributed by atoms with Crippen molar-refractivity contribution < 1.29 is 13.2 Å². The summed E-state index contributed by atoms with van der Waals surface area (Å²) in [4.78, 5) is 9.58. The Kier molecular flexibility index (Phi) is 4.67. The fourth-order valence-corrected chi connectivity index (χ4v) is 2.33. The molecular weight excluding hydrogens is 269 g/mol. The third kappa shape index (κ3) is 3.74. The summed E-state index contributed by atoms with van der Waals surface area (Å²) in [5.74, 6) is 0.371. The maximum absolute atomic E-state index is 12.9. The van der Waals surface area contributed by atoms with Crippen molar-refractivity contribution in [2.24, 2.45) is 0 Å². The van der Waals surface area contributed by atoms with Gasteiger partial charge in [0.25, 0.3) is 0 Å². The molecule has 0 atom stereocenters. The van der Waals surface area contributed by atoms with E-state index < -0.39 is 11.9 Å². The molecule has 2 rings (SSSR count). The van der Waals surface area contributed by atoms with Crippen LogP contribution < -0.4 is 10.2 Å². The van der Waals surface area contributed by atoms with Crippen molar-refractivity contribution in [3.8, 4) is 0 Å². The minimum absolute atomic E-state index is 0.0110. The van der Waals surface area contributed by atoms with Gasteiger partial charge in [-0.2, -0.15) is 18.2 Å². The summed E-state index contributed by atoms with van der Waals surface area (Å²) in [6.07, 6.45) is 0.957. The SMILES string of the molecule is CNc1nc(N2CCCCCCC2)cc(C(F)(F)F)n1. The van der Waals surface area contributed by atoms with Gasteiger partial charge in [0.15, 0.2) is 5.69 Å². The van der Waals surface area contributed by atoms with Crippen LogP contribution in [0.2, 0.25) is 0 Å². The van der Waals surface area contributed by atoms with Crippen LogP contribution in [0.3, 0.4) is 0 Å². The van der Waals surface area contributed by atoms with E-state index in [4.69, 9.17) is 0 Å². The predicted octanol–water partition coefficient (Wildman–Crippen LogP) is 3.31. The molecule has 0 radical (unpaired) electrons. The fraction of sp³-hybridized carbons (Fsp3) is 0.692. The van der Waals surface area contributed by atoms with Gasteiger partial charge < -0.3 is 10.2 Å². The molecule has 1 N–H and O–H groups in total. The van der Waals surface area contributed by atoms with Crippen molar-refractivity contribution in [1.29, 1.82) is 0 Å². The molecule has 0 spiro atoms. The van der Waals surface area contributed by atoms with Gasteiger partial charge >= 0.3 is 6.18 Å². The number of hydrogen-bond acceptors (Lipinski definition) is 4. The lowest BCUT2D eigenvalue weighted by Gasteiger charge is -2.26. The molecule has 1 fully saturated rings. The Hall–Kier alpha value is -1.53. The summed E-state index contributed by atoms with van der Waals surface area (Å²) < 4.78 is 38.6. The van der Waals surface area contributed by atoms with Crippen LogP contribution in [0.15, 0.2) is 6.07 Å². The van der Waals surface area contributed by atoms with Gasteiger partial charge in [-0.05, 0) is 12.8 Å². The Balaban J connectivity index is 2.29. The predicted molar refractivity (Wildman–Crippen MR) is 71.9 cm³/mol. The van der Waals surface area contributed by atoms with Gasteiger partial charge in [0.2, 0.25) is 5.95 Å². The minimum atomic E-state index is -4.45. The molecule has 1 saturated heterocycles. The van der Waals surface area contributed by atoms with E-state index >= 15 is 0 Å². The van der Waals surface area contributed by atoms with Crippen LogP contribution >= 0.6 is 0 Å². The van der Waals surface area contributed by atoms with Crippen molar-refractivity contribution in [3.05, 3.63) is 11.8 Å². The third-order valence-corrected chi connectivity index (χ3v) is 3.41. The number of hydrogen-bond donors (Lipinski definition) is 1. The highest BCUT2D eigenvalue weighted by Gasteiger charge is 2.34. The Morgan fingerprint density at radius 1 is 1.05 bits per heavy atom. The topological polar surface area (TPSA) is 41.1 Å². The Bertz CT molecular complexity index is 440. The van der Waals surface area contributed by atoms with Crippen LogP contribution in [0.25, 0.3) is 0 Å². The van der Waals surface area contributed by atoms with Crippen molar-refractivity contribution in [1.82, 2.24) is 9.97 Å². The van der Waals surface area contributed by atoms with E-state index in [2.05, 4.69) is 15.3 Å². The van der Waals surface area contributed by atoms with E-state index in [1.165, 1.54) is 13.5 Å². The minimum Gasteiger partial charge on any atom is -0.357 e. The average Bonchev–Trinajstić information content (AvgIpc) is 2.36. The highest BCUT2D eigenvalue weighted by atomic mass is 19.4. The zero-order valence-corrected chi connectivity index (χ0v) is 11.5. The van der Waals surface area contributed by atoms with Gasteiger partial charge in [0.1, 0.15) is 5.82 Å². The third-order valence-electron chi connectivity index (χ3n) is 3.41. The van der Waals surface area contributed by atoms with Gasteiger partial charge in [0.05, 0.1) is 0 Å². The summed E-state index contributed by atoms with van der Waals surface area (Å²) in [6.45, 7) is 1.49. The molecule has 0 aromatic carbocycles. The monoisotopic (exact) mass is 288 g/mol. The molecule has 20 heavy (non-hydrogen) atoms. The summed E-state index contributed by atoms with van der Waals surface area (Å²) in [6, 6.07) is 1.04. The van der Waals surface area contributed by atoms with Crippen LogP contribution in [-0.2, 0) is 6.18 Å². The second kappa shape index (κ2) is 6.28. The van der Waals surface area contributed by atoms with Crippen LogP contribution in [-0.4, -0.2) is 30.1 Å². The summed E-state index contributed by atoms with van der Waals surface area (Å²) >= 11 is 0. The molecule has 4 nitrogen and oxygen atoms in total. The summed E-state index contributed by atoms with van der Waals surface area (Å²) in [5.41, 5.74) is -0.895. The quantitative estimate of drug-likeness (QED) is 0.906. The zero-order valence-electron chi connectivity index (χ0n) is 11.5. The molecule has 2 heterocycles. The lowest BCUT2D eigenvalue weighted by atomic mass is 10.1. The van der Waals surface area contributed by atoms with E-state index in [0.29, 0.717) is 5.82 Å². The highest BCUT2D eigenvalue weighted by molar-refractivity contribution is 5.45. The van der Waals surface area contributed by atoms with Gasteiger partial charge in [0, 0.05) is 26.2 Å².